The monoisotopic (exact) mass is 392 g/mol. The Morgan fingerprint density at radius 3 is 2.38 bits per heavy atom. The van der Waals surface area contributed by atoms with Crippen molar-refractivity contribution in [1.29, 1.82) is 0 Å². The second-order valence-corrected chi connectivity index (χ2v) is 9.16. The van der Waals surface area contributed by atoms with Gasteiger partial charge in [-0.25, -0.2) is 12.7 Å². The van der Waals surface area contributed by atoms with Crippen molar-refractivity contribution in [3.63, 3.8) is 0 Å². The smallest absolute Gasteiger partial charge is 0.251 e. The molecule has 1 unspecified atom stereocenters. The van der Waals surface area contributed by atoms with Crippen LogP contribution in [0.1, 0.15) is 34.8 Å². The lowest BCUT2D eigenvalue weighted by Crippen LogP contribution is -2.30. The van der Waals surface area contributed by atoms with Crippen LogP contribution in [-0.2, 0) is 10.0 Å². The zero-order valence-electron chi connectivity index (χ0n) is 14.6. The van der Waals surface area contributed by atoms with Crippen LogP contribution in [0.4, 0.5) is 0 Å². The lowest BCUT2D eigenvalue weighted by molar-refractivity contribution is 0.0931. The largest absolute Gasteiger partial charge is 0.345 e. The molecule has 2 aromatic rings. The lowest BCUT2D eigenvalue weighted by Gasteiger charge is -2.19. The first-order valence-corrected chi connectivity index (χ1v) is 10.2. The molecule has 2 aromatic carbocycles. The van der Waals surface area contributed by atoms with Gasteiger partial charge >= 0.3 is 0 Å². The number of hydrogen-bond acceptors (Lipinski definition) is 3. The molecule has 0 radical (unpaired) electrons. The van der Waals surface area contributed by atoms with Crippen LogP contribution in [0.25, 0.3) is 0 Å². The predicted molar refractivity (Wildman–Crippen MR) is 102 cm³/mol. The van der Waals surface area contributed by atoms with Crippen LogP contribution < -0.4 is 5.32 Å². The molecular weight excluding hydrogens is 372 g/mol. The first kappa shape index (κ1) is 18.9. The lowest BCUT2D eigenvalue weighted by atomic mass is 10.0. The Hall–Kier alpha value is -1.89. The molecule has 1 atom stereocenters. The van der Waals surface area contributed by atoms with Crippen LogP contribution in [0.5, 0.6) is 0 Å². The summed E-state index contributed by atoms with van der Waals surface area (Å²) in [6.07, 6.45) is 2.14. The van der Waals surface area contributed by atoms with E-state index in [0.29, 0.717) is 5.92 Å². The normalized spacial score (nSPS) is 15.7. The van der Waals surface area contributed by atoms with Crippen LogP contribution >= 0.6 is 11.6 Å². The summed E-state index contributed by atoms with van der Waals surface area (Å²) in [6.45, 7) is 0. The highest BCUT2D eigenvalue weighted by Gasteiger charge is 2.33. The first-order valence-electron chi connectivity index (χ1n) is 8.38. The number of amides is 1. The molecule has 138 valence electrons. The third kappa shape index (κ3) is 3.92. The number of nitrogens with zero attached hydrogens (tertiary/aromatic N) is 1. The van der Waals surface area contributed by atoms with Crippen molar-refractivity contribution in [2.75, 3.05) is 14.1 Å². The Morgan fingerprint density at radius 2 is 1.81 bits per heavy atom. The molecule has 5 nitrogen and oxygen atoms in total. The van der Waals surface area contributed by atoms with Crippen molar-refractivity contribution < 1.29 is 13.2 Å². The summed E-state index contributed by atoms with van der Waals surface area (Å²) in [6, 6.07) is 14.1. The van der Waals surface area contributed by atoms with Gasteiger partial charge in [-0.1, -0.05) is 41.9 Å². The van der Waals surface area contributed by atoms with E-state index in [9.17, 15) is 13.2 Å². The Kier molecular flexibility index (Phi) is 5.37. The van der Waals surface area contributed by atoms with Crippen LogP contribution in [0.15, 0.2) is 53.4 Å². The summed E-state index contributed by atoms with van der Waals surface area (Å²) >= 11 is 6.05. The van der Waals surface area contributed by atoms with Crippen LogP contribution in [0.2, 0.25) is 5.02 Å². The van der Waals surface area contributed by atoms with E-state index in [1.54, 1.807) is 6.07 Å². The van der Waals surface area contributed by atoms with Crippen molar-refractivity contribution in [2.45, 2.75) is 23.8 Å². The van der Waals surface area contributed by atoms with Crippen molar-refractivity contribution >= 4 is 27.5 Å². The number of halogens is 1. The van der Waals surface area contributed by atoms with Crippen molar-refractivity contribution in [3.05, 3.63) is 64.7 Å². The Balaban J connectivity index is 1.88. The fourth-order valence-corrected chi connectivity index (χ4v) is 4.22. The number of sulfonamides is 1. The van der Waals surface area contributed by atoms with Gasteiger partial charge in [0.2, 0.25) is 10.0 Å². The van der Waals surface area contributed by atoms with Gasteiger partial charge in [-0.05, 0) is 42.5 Å². The van der Waals surface area contributed by atoms with Gasteiger partial charge < -0.3 is 5.32 Å². The van der Waals surface area contributed by atoms with E-state index in [2.05, 4.69) is 5.32 Å². The second kappa shape index (κ2) is 7.39. The third-order valence-electron chi connectivity index (χ3n) is 4.49. The molecule has 1 aliphatic rings. The zero-order valence-corrected chi connectivity index (χ0v) is 16.2. The molecule has 1 amide bonds. The van der Waals surface area contributed by atoms with E-state index in [0.717, 1.165) is 22.7 Å². The van der Waals surface area contributed by atoms with Gasteiger partial charge in [-0.3, -0.25) is 4.79 Å². The number of nitrogens with one attached hydrogen (secondary N) is 1. The minimum Gasteiger partial charge on any atom is -0.345 e. The van der Waals surface area contributed by atoms with Gasteiger partial charge in [-0.15, -0.1) is 0 Å². The molecule has 7 heteroatoms. The highest BCUT2D eigenvalue weighted by atomic mass is 35.5. The second-order valence-electron chi connectivity index (χ2n) is 6.63. The standard InChI is InChI=1S/C19H21ClN2O3S/c1-22(2)26(24,25)17-12-15(10-11-16(17)20)19(23)21-18(14-8-9-14)13-6-4-3-5-7-13/h3-7,10-12,14,18H,8-9H2,1-2H3,(H,21,23). The highest BCUT2D eigenvalue weighted by molar-refractivity contribution is 7.89. The third-order valence-corrected chi connectivity index (χ3v) is 6.79. The van der Waals surface area contributed by atoms with Crippen LogP contribution in [-0.4, -0.2) is 32.7 Å². The molecule has 0 aliphatic heterocycles. The summed E-state index contributed by atoms with van der Waals surface area (Å²) < 4.78 is 25.9. The fourth-order valence-electron chi connectivity index (χ4n) is 2.83. The maximum absolute atomic E-state index is 12.8. The summed E-state index contributed by atoms with van der Waals surface area (Å²) in [5, 5.41) is 3.14. The molecule has 1 aliphatic carbocycles. The molecule has 26 heavy (non-hydrogen) atoms. The molecule has 1 N–H and O–H groups in total. The maximum atomic E-state index is 12.8. The van der Waals surface area contributed by atoms with E-state index in [4.69, 9.17) is 11.6 Å². The van der Waals surface area contributed by atoms with E-state index >= 15 is 0 Å². The molecule has 0 spiro atoms. The predicted octanol–water partition coefficient (Wildman–Crippen LogP) is 3.47. The van der Waals surface area contributed by atoms with Gasteiger partial charge in [0.25, 0.3) is 5.91 Å². The van der Waals surface area contributed by atoms with E-state index < -0.39 is 10.0 Å². The average Bonchev–Trinajstić information content (AvgIpc) is 3.45. The molecular formula is C19H21ClN2O3S. The molecule has 0 saturated heterocycles. The van der Waals surface area contributed by atoms with Gasteiger partial charge in [0.05, 0.1) is 11.1 Å². The van der Waals surface area contributed by atoms with Crippen LogP contribution in [0, 0.1) is 5.92 Å². The van der Waals surface area contributed by atoms with Gasteiger partial charge in [-0.2, -0.15) is 0 Å². The summed E-state index contributed by atoms with van der Waals surface area (Å²) in [7, 11) is -0.872. The Morgan fingerprint density at radius 1 is 1.15 bits per heavy atom. The fraction of sp³-hybridized carbons (Fsp3) is 0.316. The van der Waals surface area contributed by atoms with Gasteiger partial charge in [0.15, 0.2) is 0 Å². The number of carbonyl (C=O) groups excluding carboxylic acids is 1. The first-order chi connectivity index (χ1) is 12.3. The molecule has 0 bridgehead atoms. The Bertz CT molecular complexity index is 910. The van der Waals surface area contributed by atoms with E-state index in [1.165, 1.54) is 26.2 Å². The number of rotatable bonds is 6. The topological polar surface area (TPSA) is 66.5 Å². The molecule has 0 aromatic heterocycles. The molecule has 1 saturated carbocycles. The van der Waals surface area contributed by atoms with E-state index in [-0.39, 0.29) is 27.4 Å². The number of carbonyl (C=O) groups is 1. The number of benzene rings is 2. The molecule has 0 heterocycles. The van der Waals surface area contributed by atoms with Crippen molar-refractivity contribution in [1.82, 2.24) is 9.62 Å². The quantitative estimate of drug-likeness (QED) is 0.818. The average molecular weight is 393 g/mol. The maximum Gasteiger partial charge on any atom is 0.251 e. The van der Waals surface area contributed by atoms with Crippen molar-refractivity contribution in [2.24, 2.45) is 5.92 Å². The SMILES string of the molecule is CN(C)S(=O)(=O)c1cc(C(=O)NC(c2ccccc2)C2CC2)ccc1Cl. The minimum atomic E-state index is -3.73. The van der Waals surface area contributed by atoms with Gasteiger partial charge in [0.1, 0.15) is 4.90 Å². The highest BCUT2D eigenvalue weighted by Crippen LogP contribution is 2.41. The van der Waals surface area contributed by atoms with Gasteiger partial charge in [0, 0.05) is 19.7 Å². The summed E-state index contributed by atoms with van der Waals surface area (Å²) in [4.78, 5) is 12.7. The summed E-state index contributed by atoms with van der Waals surface area (Å²) in [5.74, 6) is 0.108. The minimum absolute atomic E-state index is 0.0699. The zero-order chi connectivity index (χ0) is 18.9. The molecule has 1 fully saturated rings. The number of hydrogen-bond donors (Lipinski definition) is 1. The van der Waals surface area contributed by atoms with Crippen molar-refractivity contribution in [3.8, 4) is 0 Å². The molecule has 3 rings (SSSR count). The van der Waals surface area contributed by atoms with Crippen LogP contribution in [0.3, 0.4) is 0 Å². The van der Waals surface area contributed by atoms with E-state index in [1.807, 2.05) is 30.3 Å². The Labute approximate surface area is 159 Å². The summed E-state index contributed by atoms with van der Waals surface area (Å²) in [5.41, 5.74) is 1.33.